The number of nitrogens with one attached hydrogen (secondary N) is 1. The van der Waals surface area contributed by atoms with Crippen molar-refractivity contribution in [2.45, 2.75) is 64.1 Å². The Morgan fingerprint density at radius 2 is 1.93 bits per heavy atom. The van der Waals surface area contributed by atoms with Gasteiger partial charge in [0.25, 0.3) is 0 Å². The molecule has 2 fully saturated rings. The van der Waals surface area contributed by atoms with Crippen LogP contribution in [0, 0.1) is 5.92 Å². The predicted molar refractivity (Wildman–Crippen MR) is 115 cm³/mol. The number of aromatic nitrogens is 2. The fourth-order valence-corrected chi connectivity index (χ4v) is 5.32. The average Bonchev–Trinajstić information content (AvgIpc) is 2.68. The second-order valence-electron chi connectivity index (χ2n) is 8.57. The quantitative estimate of drug-likeness (QED) is 0.723. The number of likely N-dealkylation sites (tertiary alicyclic amines) is 1. The van der Waals surface area contributed by atoms with E-state index in [9.17, 15) is 13.2 Å². The summed E-state index contributed by atoms with van der Waals surface area (Å²) in [5.41, 5.74) is 0. The van der Waals surface area contributed by atoms with E-state index < -0.39 is 10.0 Å². The van der Waals surface area contributed by atoms with Crippen LogP contribution in [0.2, 0.25) is 0 Å². The van der Waals surface area contributed by atoms with Crippen LogP contribution in [0.4, 0.5) is 10.7 Å². The lowest BCUT2D eigenvalue weighted by Crippen LogP contribution is -2.58. The van der Waals surface area contributed by atoms with E-state index in [1.54, 1.807) is 23.4 Å². The molecule has 10 heteroatoms. The molecular weight excluding hydrogens is 406 g/mol. The van der Waals surface area contributed by atoms with Crippen LogP contribution in [0.25, 0.3) is 0 Å². The topological polar surface area (TPSA) is 105 Å². The molecule has 0 saturated carbocycles. The molecule has 1 aromatic rings. The summed E-state index contributed by atoms with van der Waals surface area (Å²) in [6, 6.07) is 1.25. The van der Waals surface area contributed by atoms with E-state index >= 15 is 0 Å². The van der Waals surface area contributed by atoms with Gasteiger partial charge in [-0.2, -0.15) is 0 Å². The maximum atomic E-state index is 12.8. The Bertz CT molecular complexity index is 805. The first kappa shape index (κ1) is 22.7. The van der Waals surface area contributed by atoms with Crippen LogP contribution < -0.4 is 9.62 Å². The van der Waals surface area contributed by atoms with Crippen molar-refractivity contribution in [3.05, 3.63) is 18.5 Å². The van der Waals surface area contributed by atoms with Gasteiger partial charge in [-0.3, -0.25) is 0 Å². The van der Waals surface area contributed by atoms with E-state index in [-0.39, 0.29) is 24.3 Å². The standard InChI is InChI=1S/C20H33N5O4S/c1-15(2)29-20(26)25-12-5-8-17(23-30(3,27)28)18(25)13-16-7-4-11-24(14-16)19-21-9-6-10-22-19/h6,9-10,15-18,23H,4-5,7-8,11-14H2,1-3H3. The molecule has 0 radical (unpaired) electrons. The van der Waals surface area contributed by atoms with E-state index in [0.29, 0.717) is 31.3 Å². The van der Waals surface area contributed by atoms with Gasteiger partial charge in [0.1, 0.15) is 0 Å². The van der Waals surface area contributed by atoms with Crippen LogP contribution in [0.15, 0.2) is 18.5 Å². The average molecular weight is 440 g/mol. The number of hydrogen-bond donors (Lipinski definition) is 1. The van der Waals surface area contributed by atoms with E-state index in [1.807, 2.05) is 13.8 Å². The molecule has 168 valence electrons. The van der Waals surface area contributed by atoms with Gasteiger partial charge in [-0.1, -0.05) is 0 Å². The van der Waals surface area contributed by atoms with E-state index in [2.05, 4.69) is 19.6 Å². The molecule has 2 aliphatic heterocycles. The maximum Gasteiger partial charge on any atom is 0.410 e. The molecule has 3 rings (SSSR count). The van der Waals surface area contributed by atoms with Gasteiger partial charge in [0.15, 0.2) is 0 Å². The second-order valence-corrected chi connectivity index (χ2v) is 10.4. The molecule has 0 aliphatic carbocycles. The molecule has 3 atom stereocenters. The number of carbonyl (C=O) groups excluding carboxylic acids is 1. The third-order valence-electron chi connectivity index (χ3n) is 5.64. The van der Waals surface area contributed by atoms with Crippen LogP contribution in [0.5, 0.6) is 0 Å². The van der Waals surface area contributed by atoms with Crippen molar-refractivity contribution in [2.75, 3.05) is 30.8 Å². The van der Waals surface area contributed by atoms with Crippen molar-refractivity contribution >= 4 is 22.1 Å². The molecule has 1 N–H and O–H groups in total. The number of carbonyl (C=O) groups is 1. The monoisotopic (exact) mass is 439 g/mol. The summed E-state index contributed by atoms with van der Waals surface area (Å²) in [6.07, 6.45) is 8.26. The van der Waals surface area contributed by atoms with Crippen LogP contribution in [0.3, 0.4) is 0 Å². The number of ether oxygens (including phenoxy) is 1. The zero-order valence-electron chi connectivity index (χ0n) is 18.0. The number of anilines is 1. The van der Waals surface area contributed by atoms with Crippen molar-refractivity contribution in [1.29, 1.82) is 0 Å². The summed E-state index contributed by atoms with van der Waals surface area (Å²) in [7, 11) is -3.38. The highest BCUT2D eigenvalue weighted by Gasteiger charge is 2.39. The highest BCUT2D eigenvalue weighted by atomic mass is 32.2. The molecule has 3 heterocycles. The lowest BCUT2D eigenvalue weighted by atomic mass is 9.85. The van der Waals surface area contributed by atoms with Crippen molar-refractivity contribution in [3.8, 4) is 0 Å². The highest BCUT2D eigenvalue weighted by molar-refractivity contribution is 7.88. The summed E-state index contributed by atoms with van der Waals surface area (Å²) < 4.78 is 32.1. The van der Waals surface area contributed by atoms with Crippen LogP contribution >= 0.6 is 0 Å². The Labute approximate surface area is 179 Å². The highest BCUT2D eigenvalue weighted by Crippen LogP contribution is 2.30. The maximum absolute atomic E-state index is 12.8. The van der Waals surface area contributed by atoms with Gasteiger partial charge in [-0.25, -0.2) is 27.9 Å². The van der Waals surface area contributed by atoms with Gasteiger partial charge < -0.3 is 14.5 Å². The largest absolute Gasteiger partial charge is 0.447 e. The minimum Gasteiger partial charge on any atom is -0.447 e. The number of amides is 1. The molecule has 9 nitrogen and oxygen atoms in total. The van der Waals surface area contributed by atoms with Crippen molar-refractivity contribution in [3.63, 3.8) is 0 Å². The van der Waals surface area contributed by atoms with Gasteiger partial charge >= 0.3 is 6.09 Å². The molecule has 0 bridgehead atoms. The number of nitrogens with zero attached hydrogens (tertiary/aromatic N) is 4. The third-order valence-corrected chi connectivity index (χ3v) is 6.38. The van der Waals surface area contributed by atoms with Crippen molar-refractivity contribution in [2.24, 2.45) is 5.92 Å². The van der Waals surface area contributed by atoms with Gasteiger partial charge in [-0.15, -0.1) is 0 Å². The van der Waals surface area contributed by atoms with Crippen LogP contribution in [0.1, 0.15) is 46.0 Å². The fourth-order valence-electron chi connectivity index (χ4n) is 4.49. The SMILES string of the molecule is CC(C)OC(=O)N1CCCC(NS(C)(=O)=O)C1CC1CCCN(c2ncccn2)C1. The molecule has 0 spiro atoms. The van der Waals surface area contributed by atoms with Crippen LogP contribution in [-0.2, 0) is 14.8 Å². The summed E-state index contributed by atoms with van der Waals surface area (Å²) >= 11 is 0. The first-order valence-corrected chi connectivity index (χ1v) is 12.6. The van der Waals surface area contributed by atoms with Gasteiger partial charge in [0.2, 0.25) is 16.0 Å². The minimum atomic E-state index is -3.38. The van der Waals surface area contributed by atoms with E-state index in [0.717, 1.165) is 32.4 Å². The lowest BCUT2D eigenvalue weighted by Gasteiger charge is -2.43. The number of piperidine rings is 2. The first-order valence-electron chi connectivity index (χ1n) is 10.7. The Hall–Kier alpha value is -1.94. The predicted octanol–water partition coefficient (Wildman–Crippen LogP) is 2.01. The molecule has 3 unspecified atom stereocenters. The van der Waals surface area contributed by atoms with Gasteiger partial charge in [0.05, 0.1) is 18.4 Å². The minimum absolute atomic E-state index is 0.221. The molecule has 30 heavy (non-hydrogen) atoms. The van der Waals surface area contributed by atoms with Crippen molar-refractivity contribution in [1.82, 2.24) is 19.6 Å². The lowest BCUT2D eigenvalue weighted by molar-refractivity contribution is 0.0392. The Balaban J connectivity index is 1.76. The van der Waals surface area contributed by atoms with Crippen molar-refractivity contribution < 1.29 is 17.9 Å². The summed E-state index contributed by atoms with van der Waals surface area (Å²) in [4.78, 5) is 25.4. The normalized spacial score (nSPS) is 25.4. The zero-order chi connectivity index (χ0) is 21.7. The zero-order valence-corrected chi connectivity index (χ0v) is 18.8. The Kier molecular flexibility index (Phi) is 7.51. The Morgan fingerprint density at radius 3 is 2.60 bits per heavy atom. The van der Waals surface area contributed by atoms with Gasteiger partial charge in [0, 0.05) is 38.1 Å². The molecule has 1 amide bonds. The number of sulfonamides is 1. The summed E-state index contributed by atoms with van der Waals surface area (Å²) in [6.45, 7) is 5.91. The second kappa shape index (κ2) is 9.91. The number of hydrogen-bond acceptors (Lipinski definition) is 7. The fraction of sp³-hybridized carbons (Fsp3) is 0.750. The van der Waals surface area contributed by atoms with Crippen LogP contribution in [-0.4, -0.2) is 73.5 Å². The Morgan fingerprint density at radius 1 is 1.23 bits per heavy atom. The summed E-state index contributed by atoms with van der Waals surface area (Å²) in [5.74, 6) is 1.02. The van der Waals surface area contributed by atoms with E-state index in [4.69, 9.17) is 4.74 Å². The molecule has 0 aromatic carbocycles. The molecule has 2 aliphatic rings. The third kappa shape index (κ3) is 6.28. The van der Waals surface area contributed by atoms with E-state index in [1.165, 1.54) is 6.26 Å². The molecule has 2 saturated heterocycles. The molecule has 1 aromatic heterocycles. The smallest absolute Gasteiger partial charge is 0.410 e. The number of rotatable bonds is 6. The van der Waals surface area contributed by atoms with Gasteiger partial charge in [-0.05, 0) is 57.9 Å². The molecular formula is C20H33N5O4S. The first-order chi connectivity index (χ1) is 14.2. The summed E-state index contributed by atoms with van der Waals surface area (Å²) in [5, 5.41) is 0.